The Morgan fingerprint density at radius 3 is 2.30 bits per heavy atom. The van der Waals surface area contributed by atoms with E-state index in [1.807, 2.05) is 44.2 Å². The van der Waals surface area contributed by atoms with E-state index in [4.69, 9.17) is 0 Å². The molecule has 0 saturated heterocycles. The third kappa shape index (κ3) is 3.01. The Balaban J connectivity index is 2.54. The smallest absolute Gasteiger partial charge is 0.319 e. The zero-order valence-corrected chi connectivity index (χ0v) is 12.5. The molecule has 0 radical (unpaired) electrons. The summed E-state index contributed by atoms with van der Waals surface area (Å²) in [7, 11) is -4.37. The number of benzene rings is 1. The van der Waals surface area contributed by atoms with Gasteiger partial charge in [0, 0.05) is 12.2 Å². The molecule has 0 unspecified atom stereocenters. The summed E-state index contributed by atoms with van der Waals surface area (Å²) in [6, 6.07) is 9.62. The minimum atomic E-state index is -4.37. The molecule has 0 fully saturated rings. The van der Waals surface area contributed by atoms with E-state index >= 15 is 0 Å². The number of aryl methyl sites for hydroxylation is 1. The van der Waals surface area contributed by atoms with Crippen molar-refractivity contribution < 1.29 is 14.4 Å². The first-order valence-electron chi connectivity index (χ1n) is 6.65. The first kappa shape index (κ1) is 15.0. The molecule has 1 aromatic heterocycles. The van der Waals surface area contributed by atoms with Crippen LogP contribution in [0.4, 0.5) is 0 Å². The fourth-order valence-electron chi connectivity index (χ4n) is 2.35. The Morgan fingerprint density at radius 1 is 1.15 bits per heavy atom. The molecule has 0 saturated carbocycles. The van der Waals surface area contributed by atoms with Gasteiger partial charge in [0.15, 0.2) is 0 Å². The average molecular weight is 294 g/mol. The summed E-state index contributed by atoms with van der Waals surface area (Å²) in [5, 5.41) is 0. The summed E-state index contributed by atoms with van der Waals surface area (Å²) < 4.78 is 13.3. The molecule has 1 heterocycles. The predicted octanol–water partition coefficient (Wildman–Crippen LogP) is 1.86. The van der Waals surface area contributed by atoms with E-state index in [0.717, 1.165) is 17.0 Å². The van der Waals surface area contributed by atoms with Crippen molar-refractivity contribution >= 4 is 13.2 Å². The molecule has 2 aromatic rings. The van der Waals surface area contributed by atoms with Crippen molar-refractivity contribution in [3.05, 3.63) is 47.3 Å². The largest absolute Gasteiger partial charge is 0.391 e. The van der Waals surface area contributed by atoms with Crippen LogP contribution in [0, 0.1) is 0 Å². The number of hydrogen-bond acceptors (Lipinski definition) is 2. The van der Waals surface area contributed by atoms with Crippen LogP contribution in [0.5, 0.6) is 0 Å². The van der Waals surface area contributed by atoms with Gasteiger partial charge in [0.25, 0.3) is 0 Å². The van der Waals surface area contributed by atoms with Gasteiger partial charge in [0.1, 0.15) is 0 Å². The van der Waals surface area contributed by atoms with Crippen molar-refractivity contribution in [1.29, 1.82) is 0 Å². The molecule has 5 nitrogen and oxygen atoms in total. The number of hydrogen-bond donors (Lipinski definition) is 2. The minimum absolute atomic E-state index is 0.130. The van der Waals surface area contributed by atoms with Crippen LogP contribution < -0.4 is 5.57 Å². The zero-order chi connectivity index (χ0) is 14.8. The van der Waals surface area contributed by atoms with Crippen molar-refractivity contribution in [1.82, 2.24) is 9.55 Å². The van der Waals surface area contributed by atoms with Crippen LogP contribution in [0.2, 0.25) is 0 Å². The fourth-order valence-corrected chi connectivity index (χ4v) is 3.11. The van der Waals surface area contributed by atoms with E-state index in [-0.39, 0.29) is 5.57 Å². The number of imidazole rings is 1. The number of rotatable bonds is 5. The first-order chi connectivity index (χ1) is 9.47. The van der Waals surface area contributed by atoms with E-state index in [2.05, 4.69) is 4.98 Å². The number of aromatic nitrogens is 2. The van der Waals surface area contributed by atoms with E-state index in [1.165, 1.54) is 0 Å². The lowest BCUT2D eigenvalue weighted by Gasteiger charge is -2.12. The molecule has 0 amide bonds. The lowest BCUT2D eigenvalue weighted by atomic mass is 10.2. The molecule has 0 aliphatic carbocycles. The molecular weight excluding hydrogens is 275 g/mol. The number of nitrogens with zero attached hydrogens (tertiary/aromatic N) is 2. The van der Waals surface area contributed by atoms with Crippen LogP contribution in [0.3, 0.4) is 0 Å². The zero-order valence-electron chi connectivity index (χ0n) is 11.7. The van der Waals surface area contributed by atoms with Gasteiger partial charge < -0.3 is 14.4 Å². The molecule has 0 spiro atoms. The van der Waals surface area contributed by atoms with Crippen molar-refractivity contribution in [2.24, 2.45) is 0 Å². The van der Waals surface area contributed by atoms with Gasteiger partial charge in [-0.05, 0) is 18.4 Å². The summed E-state index contributed by atoms with van der Waals surface area (Å²) >= 11 is 0. The summed E-state index contributed by atoms with van der Waals surface area (Å²) in [6.45, 7) is 4.34. The highest BCUT2D eigenvalue weighted by Crippen LogP contribution is 2.34. The monoisotopic (exact) mass is 294 g/mol. The molecule has 0 aliphatic rings. The summed E-state index contributed by atoms with van der Waals surface area (Å²) in [5.41, 5.74) is 2.53. The molecule has 6 heteroatoms. The second-order valence-corrected chi connectivity index (χ2v) is 6.12. The van der Waals surface area contributed by atoms with E-state index in [1.54, 1.807) is 4.57 Å². The van der Waals surface area contributed by atoms with Crippen molar-refractivity contribution in [3.63, 3.8) is 0 Å². The second-order valence-electron chi connectivity index (χ2n) is 4.63. The highest BCUT2D eigenvalue weighted by atomic mass is 31.2. The van der Waals surface area contributed by atoms with E-state index in [0.29, 0.717) is 19.4 Å². The SMILES string of the molecule is CCc1nc(P(=O)(O)O)n(Cc2ccccc2)c1CC. The quantitative estimate of drug-likeness (QED) is 0.825. The Bertz CT molecular complexity index is 631. The average Bonchev–Trinajstić information content (AvgIpc) is 2.77. The van der Waals surface area contributed by atoms with Crippen molar-refractivity contribution in [2.75, 3.05) is 0 Å². The van der Waals surface area contributed by atoms with Crippen molar-refractivity contribution in [2.45, 2.75) is 33.2 Å². The van der Waals surface area contributed by atoms with Crippen LogP contribution in [-0.4, -0.2) is 19.3 Å². The molecule has 108 valence electrons. The Labute approximate surface area is 118 Å². The third-order valence-corrected chi connectivity index (χ3v) is 4.11. The molecular formula is C14H19N2O3P. The minimum Gasteiger partial charge on any atom is -0.319 e. The van der Waals surface area contributed by atoms with Gasteiger partial charge in [0.05, 0.1) is 5.69 Å². The third-order valence-electron chi connectivity index (χ3n) is 3.25. The van der Waals surface area contributed by atoms with Crippen LogP contribution in [0.25, 0.3) is 0 Å². The highest BCUT2D eigenvalue weighted by Gasteiger charge is 2.28. The summed E-state index contributed by atoms with van der Waals surface area (Å²) in [5.74, 6) is 0. The molecule has 0 atom stereocenters. The van der Waals surface area contributed by atoms with Gasteiger partial charge in [0.2, 0.25) is 5.57 Å². The first-order valence-corrected chi connectivity index (χ1v) is 8.26. The maximum absolute atomic E-state index is 11.7. The van der Waals surface area contributed by atoms with Crippen molar-refractivity contribution in [3.8, 4) is 0 Å². The maximum Gasteiger partial charge on any atom is 0.391 e. The Morgan fingerprint density at radius 2 is 1.80 bits per heavy atom. The fraction of sp³-hybridized carbons (Fsp3) is 0.357. The molecule has 2 rings (SSSR count). The lowest BCUT2D eigenvalue weighted by molar-refractivity contribution is 0.383. The molecule has 2 N–H and O–H groups in total. The molecule has 1 aromatic carbocycles. The maximum atomic E-state index is 11.7. The van der Waals surface area contributed by atoms with Gasteiger partial charge in [-0.25, -0.2) is 4.98 Å². The Hall–Kier alpha value is -1.42. The van der Waals surface area contributed by atoms with Crippen LogP contribution in [-0.2, 0) is 24.0 Å². The van der Waals surface area contributed by atoms with E-state index in [9.17, 15) is 14.4 Å². The lowest BCUT2D eigenvalue weighted by Crippen LogP contribution is -2.21. The summed E-state index contributed by atoms with van der Waals surface area (Å²) in [4.78, 5) is 23.2. The van der Waals surface area contributed by atoms with Gasteiger partial charge >= 0.3 is 7.60 Å². The summed E-state index contributed by atoms with van der Waals surface area (Å²) in [6.07, 6.45) is 1.36. The topological polar surface area (TPSA) is 75.3 Å². The molecule has 0 bridgehead atoms. The highest BCUT2D eigenvalue weighted by molar-refractivity contribution is 7.59. The predicted molar refractivity (Wildman–Crippen MR) is 78.2 cm³/mol. The van der Waals surface area contributed by atoms with Gasteiger partial charge in [-0.1, -0.05) is 44.2 Å². The van der Waals surface area contributed by atoms with Crippen LogP contribution >= 0.6 is 7.60 Å². The van der Waals surface area contributed by atoms with Gasteiger partial charge in [-0.2, -0.15) is 0 Å². The molecule has 0 aliphatic heterocycles. The normalized spacial score (nSPS) is 11.8. The van der Waals surface area contributed by atoms with Gasteiger partial charge in [-0.3, -0.25) is 4.57 Å². The second kappa shape index (κ2) is 5.92. The standard InChI is InChI=1S/C14H19N2O3P/c1-3-12-13(4-2)16(14(15-12)20(17,18)19)10-11-8-6-5-7-9-11/h5-9H,3-4,10H2,1-2H3,(H2,17,18,19). The van der Waals surface area contributed by atoms with Crippen LogP contribution in [0.15, 0.2) is 30.3 Å². The molecule has 20 heavy (non-hydrogen) atoms. The Kier molecular flexibility index (Phi) is 4.43. The van der Waals surface area contributed by atoms with E-state index < -0.39 is 7.60 Å². The van der Waals surface area contributed by atoms with Crippen LogP contribution in [0.1, 0.15) is 30.8 Å². The van der Waals surface area contributed by atoms with Gasteiger partial charge in [-0.15, -0.1) is 0 Å².